The Bertz CT molecular complexity index is 52.8. The van der Waals surface area contributed by atoms with Crippen LogP contribution in [0.15, 0.2) is 0 Å². The van der Waals surface area contributed by atoms with Crippen LogP contribution in [0.3, 0.4) is 0 Å². The molecule has 1 N–H and O–H groups in total. The van der Waals surface area contributed by atoms with E-state index >= 15 is 0 Å². The summed E-state index contributed by atoms with van der Waals surface area (Å²) in [6, 6.07) is 0. The van der Waals surface area contributed by atoms with Crippen molar-refractivity contribution in [1.29, 1.82) is 0 Å². The minimum Gasteiger partial charge on any atom is -0.395 e. The fourth-order valence-corrected chi connectivity index (χ4v) is 0.386. The lowest BCUT2D eigenvalue weighted by molar-refractivity contribution is 0.321. The van der Waals surface area contributed by atoms with Crippen LogP contribution in [0, 0.1) is 0 Å². The molecule has 0 aliphatic carbocycles. The van der Waals surface area contributed by atoms with E-state index in [4.69, 9.17) is 5.11 Å². The molecule has 0 amide bonds. The summed E-state index contributed by atoms with van der Waals surface area (Å²) in [7, 11) is -0.816. The zero-order valence-corrected chi connectivity index (χ0v) is 4.49. The number of hydrogen-bond acceptors (Lipinski definition) is 2. The molecule has 0 saturated heterocycles. The number of rotatable bonds is 2. The number of aliphatic hydroxyl groups is 1. The van der Waals surface area contributed by atoms with Gasteiger partial charge in [0.2, 0.25) is 0 Å². The molecular weight excluding hydrogens is 100 g/mol. The van der Waals surface area contributed by atoms with Crippen molar-refractivity contribution in [2.24, 2.45) is 0 Å². The second-order valence-corrected chi connectivity index (χ2v) is 2.56. The molecule has 0 heterocycles. The highest BCUT2D eigenvalue weighted by Gasteiger charge is 1.82. The highest BCUT2D eigenvalue weighted by molar-refractivity contribution is 7.84. The normalized spacial score (nSPS) is 14.3. The average molecular weight is 108 g/mol. The lowest BCUT2D eigenvalue weighted by Crippen LogP contribution is -1.97. The maximum Gasteiger partial charge on any atom is 0.0546 e. The van der Waals surface area contributed by atoms with E-state index in [2.05, 4.69) is 0 Å². The first kappa shape index (κ1) is 6.11. The fourth-order valence-electron chi connectivity index (χ4n) is 0.129. The summed E-state index contributed by atoms with van der Waals surface area (Å²) in [5.41, 5.74) is 0. The molecule has 38 valence electrons. The van der Waals surface area contributed by atoms with Crippen LogP contribution in [0.5, 0.6) is 0 Å². The molecule has 0 fully saturated rings. The minimum atomic E-state index is -0.816. The third-order valence-corrected chi connectivity index (χ3v) is 1.14. The smallest absolute Gasteiger partial charge is 0.0546 e. The van der Waals surface area contributed by atoms with Crippen LogP contribution in [0.25, 0.3) is 0 Å². The summed E-state index contributed by atoms with van der Waals surface area (Å²) in [4.78, 5) is 0. The van der Waals surface area contributed by atoms with Gasteiger partial charge in [0.15, 0.2) is 0 Å². The maximum atomic E-state index is 9.99. The van der Waals surface area contributed by atoms with Gasteiger partial charge in [-0.05, 0) is 0 Å². The van der Waals surface area contributed by atoms with E-state index in [1.54, 1.807) is 6.26 Å². The van der Waals surface area contributed by atoms with Crippen LogP contribution < -0.4 is 0 Å². The molecule has 3 heteroatoms. The summed E-state index contributed by atoms with van der Waals surface area (Å²) >= 11 is 0. The molecule has 6 heavy (non-hydrogen) atoms. The van der Waals surface area contributed by atoms with E-state index in [9.17, 15) is 4.21 Å². The van der Waals surface area contributed by atoms with Gasteiger partial charge in [0.25, 0.3) is 0 Å². The third-order valence-electron chi connectivity index (χ3n) is 0.379. The first-order valence-corrected chi connectivity index (χ1v) is 3.41. The molecule has 2 nitrogen and oxygen atoms in total. The maximum absolute atomic E-state index is 9.99. The fraction of sp³-hybridized carbons (Fsp3) is 1.00. The van der Waals surface area contributed by atoms with Gasteiger partial charge in [0.05, 0.1) is 6.61 Å². The van der Waals surface area contributed by atoms with Gasteiger partial charge >= 0.3 is 0 Å². The Morgan fingerprint density at radius 2 is 2.33 bits per heavy atom. The van der Waals surface area contributed by atoms with Crippen molar-refractivity contribution >= 4 is 10.8 Å². The van der Waals surface area contributed by atoms with Gasteiger partial charge in [-0.25, -0.2) is 0 Å². The molecule has 0 spiro atoms. The van der Waals surface area contributed by atoms with Gasteiger partial charge < -0.3 is 5.11 Å². The predicted octanol–water partition coefficient (Wildman–Crippen LogP) is -0.643. The SMILES string of the molecule is C[S@](=O)CCO. The zero-order chi connectivity index (χ0) is 4.99. The largest absolute Gasteiger partial charge is 0.395 e. The lowest BCUT2D eigenvalue weighted by atomic mass is 10.9. The van der Waals surface area contributed by atoms with Gasteiger partial charge in [-0.3, -0.25) is 4.21 Å². The second kappa shape index (κ2) is 3.31. The van der Waals surface area contributed by atoms with Gasteiger partial charge in [-0.15, -0.1) is 0 Å². The molecule has 0 aliphatic rings. The Labute approximate surface area is 39.6 Å². The van der Waals surface area contributed by atoms with Crippen LogP contribution in [-0.2, 0) is 10.8 Å². The molecule has 0 rings (SSSR count). The van der Waals surface area contributed by atoms with Crippen LogP contribution in [0.4, 0.5) is 0 Å². The minimum absolute atomic E-state index is 0.0309. The van der Waals surface area contributed by atoms with Crippen LogP contribution in [0.2, 0.25) is 0 Å². The molecule has 0 bridgehead atoms. The summed E-state index contributed by atoms with van der Waals surface area (Å²) < 4.78 is 9.99. The van der Waals surface area contributed by atoms with Gasteiger partial charge in [-0.2, -0.15) is 0 Å². The van der Waals surface area contributed by atoms with Crippen molar-refractivity contribution in [2.75, 3.05) is 18.6 Å². The third kappa shape index (κ3) is 4.11. The van der Waals surface area contributed by atoms with Gasteiger partial charge in [0.1, 0.15) is 0 Å². The van der Waals surface area contributed by atoms with Crippen molar-refractivity contribution in [3.8, 4) is 0 Å². The van der Waals surface area contributed by atoms with Crippen molar-refractivity contribution in [2.45, 2.75) is 0 Å². The summed E-state index contributed by atoms with van der Waals surface area (Å²) in [6.45, 7) is 0.0309. The highest BCUT2D eigenvalue weighted by atomic mass is 32.2. The summed E-state index contributed by atoms with van der Waals surface area (Å²) in [6.07, 6.45) is 1.57. The van der Waals surface area contributed by atoms with Crippen molar-refractivity contribution < 1.29 is 9.32 Å². The average Bonchev–Trinajstić information content (AvgIpc) is 1.35. The Kier molecular flexibility index (Phi) is 3.37. The van der Waals surface area contributed by atoms with Crippen molar-refractivity contribution in [3.63, 3.8) is 0 Å². The molecule has 0 saturated carbocycles. The quantitative estimate of drug-likeness (QED) is 0.510. The first-order chi connectivity index (χ1) is 2.77. The van der Waals surface area contributed by atoms with E-state index in [1.165, 1.54) is 0 Å². The van der Waals surface area contributed by atoms with Gasteiger partial charge in [-0.1, -0.05) is 0 Å². The Morgan fingerprint density at radius 1 is 1.83 bits per heavy atom. The Balaban J connectivity index is 2.83. The molecule has 0 aromatic heterocycles. The van der Waals surface area contributed by atoms with E-state index < -0.39 is 10.8 Å². The molecule has 0 aliphatic heterocycles. The van der Waals surface area contributed by atoms with Crippen molar-refractivity contribution in [3.05, 3.63) is 0 Å². The zero-order valence-electron chi connectivity index (χ0n) is 3.68. The van der Waals surface area contributed by atoms with E-state index in [1.807, 2.05) is 0 Å². The molecule has 0 aromatic carbocycles. The molecule has 0 radical (unpaired) electrons. The van der Waals surface area contributed by atoms with Crippen LogP contribution in [0.1, 0.15) is 0 Å². The second-order valence-electron chi connectivity index (χ2n) is 1.00. The molecular formula is C3H8O2S. The van der Waals surface area contributed by atoms with Crippen molar-refractivity contribution in [1.82, 2.24) is 0 Å². The topological polar surface area (TPSA) is 37.3 Å². The summed E-state index contributed by atoms with van der Waals surface area (Å²) in [5.74, 6) is 0.403. The highest BCUT2D eigenvalue weighted by Crippen LogP contribution is 1.67. The molecule has 1 atom stereocenters. The first-order valence-electron chi connectivity index (χ1n) is 1.68. The van der Waals surface area contributed by atoms with E-state index in [0.717, 1.165) is 0 Å². The molecule has 0 unspecified atom stereocenters. The number of aliphatic hydroxyl groups excluding tert-OH is 1. The Morgan fingerprint density at radius 3 is 2.33 bits per heavy atom. The Hall–Kier alpha value is 0.110. The predicted molar refractivity (Wildman–Crippen MR) is 26.0 cm³/mol. The summed E-state index contributed by atoms with van der Waals surface area (Å²) in [5, 5.41) is 8.04. The standard InChI is InChI=1S/C3H8O2S/c1-6(5)3-2-4/h4H,2-3H2,1H3/t6-/m0/s1. The van der Waals surface area contributed by atoms with Gasteiger partial charge in [0, 0.05) is 22.8 Å². The van der Waals surface area contributed by atoms with Crippen LogP contribution in [-0.4, -0.2) is 27.9 Å². The van der Waals surface area contributed by atoms with Crippen LogP contribution >= 0.6 is 0 Å². The van der Waals surface area contributed by atoms with E-state index in [-0.39, 0.29) is 6.61 Å². The monoisotopic (exact) mass is 108 g/mol. The molecule has 0 aromatic rings. The van der Waals surface area contributed by atoms with E-state index in [0.29, 0.717) is 5.75 Å². The lowest BCUT2D eigenvalue weighted by Gasteiger charge is -1.82. The number of hydrogen-bond donors (Lipinski definition) is 1.